The van der Waals surface area contributed by atoms with Crippen molar-refractivity contribution in [2.45, 2.75) is 123 Å². The summed E-state index contributed by atoms with van der Waals surface area (Å²) in [5, 5.41) is 143. The van der Waals surface area contributed by atoms with Gasteiger partial charge in [-0.25, -0.2) is 0 Å². The van der Waals surface area contributed by atoms with Gasteiger partial charge in [-0.1, -0.05) is 0 Å². The summed E-state index contributed by atoms with van der Waals surface area (Å²) in [5.41, 5.74) is 0. The van der Waals surface area contributed by atoms with Crippen LogP contribution in [0.2, 0.25) is 0 Å². The zero-order chi connectivity index (χ0) is 33.3. The summed E-state index contributed by atoms with van der Waals surface area (Å²) in [4.78, 5) is 0. The average molecular weight is 667 g/mol. The number of aliphatic hydroxyl groups excluding tert-OH is 14. The zero-order valence-corrected chi connectivity index (χ0v) is 23.5. The van der Waals surface area contributed by atoms with E-state index in [4.69, 9.17) is 33.2 Å². The Balaban J connectivity index is 1.53. The third-order valence-corrected chi connectivity index (χ3v) is 8.21. The van der Waals surface area contributed by atoms with Gasteiger partial charge in [0.2, 0.25) is 0 Å². The fraction of sp³-hybridized carbons (Fsp3) is 1.00. The topological polar surface area (TPSA) is 348 Å². The molecule has 0 aromatic rings. The molecular formula is C24H42O21. The van der Waals surface area contributed by atoms with Crippen molar-refractivity contribution in [1.29, 1.82) is 0 Å². The van der Waals surface area contributed by atoms with E-state index in [0.717, 1.165) is 0 Å². The third-order valence-electron chi connectivity index (χ3n) is 8.21. The molecule has 264 valence electrons. The Hall–Kier alpha value is -0.840. The molecule has 0 aromatic heterocycles. The minimum Gasteiger partial charge on any atom is -0.394 e. The molecule has 21 heteroatoms. The van der Waals surface area contributed by atoms with E-state index in [1.54, 1.807) is 0 Å². The Kier molecular flexibility index (Phi) is 12.8. The molecule has 21 nitrogen and oxygen atoms in total. The average Bonchev–Trinajstić information content (AvgIpc) is 3.02. The smallest absolute Gasteiger partial charge is 0.187 e. The highest BCUT2D eigenvalue weighted by Crippen LogP contribution is 2.34. The highest BCUT2D eigenvalue weighted by molar-refractivity contribution is 4.97. The second-order valence-corrected chi connectivity index (χ2v) is 11.1. The minimum atomic E-state index is -2.05. The highest BCUT2D eigenvalue weighted by atomic mass is 16.8. The standard InChI is InChI=1S/C24H42O21/c25-1-5-9(29)13(33)14(34)22(40-5)44-19-11(31)7(3-27)42-24(16(19)36)45-20-12(32)8(4-28)41-23(17(20)37)43-18-10(30)6(2-26)39-21(38)15(18)35/h5-38H,1-4H2/t5-,6-,7-,8-,9-,10-,11-,12-,13+,14-,15-,16-,17-,18+,19+,20+,21-,22+,23+,24+/m1/s1. The molecule has 4 aliphatic rings. The van der Waals surface area contributed by atoms with Gasteiger partial charge < -0.3 is 105 Å². The monoisotopic (exact) mass is 666 g/mol. The predicted molar refractivity (Wildman–Crippen MR) is 134 cm³/mol. The lowest BCUT2D eigenvalue weighted by Crippen LogP contribution is -2.67. The Labute approximate surface area is 254 Å². The molecule has 14 N–H and O–H groups in total. The van der Waals surface area contributed by atoms with E-state index < -0.39 is 149 Å². The summed E-state index contributed by atoms with van der Waals surface area (Å²) in [6.07, 6.45) is -36.1. The van der Waals surface area contributed by atoms with Crippen LogP contribution < -0.4 is 0 Å². The van der Waals surface area contributed by atoms with Gasteiger partial charge in [-0.15, -0.1) is 0 Å². The van der Waals surface area contributed by atoms with Gasteiger partial charge in [0.05, 0.1) is 26.4 Å². The molecule has 0 amide bonds. The van der Waals surface area contributed by atoms with Crippen molar-refractivity contribution in [2.75, 3.05) is 26.4 Å². The van der Waals surface area contributed by atoms with Crippen molar-refractivity contribution in [3.05, 3.63) is 0 Å². The van der Waals surface area contributed by atoms with Gasteiger partial charge in [-0.05, 0) is 0 Å². The fourth-order valence-electron chi connectivity index (χ4n) is 5.53. The molecule has 0 aliphatic carbocycles. The molecular weight excluding hydrogens is 624 g/mol. The molecule has 45 heavy (non-hydrogen) atoms. The van der Waals surface area contributed by atoms with E-state index in [0.29, 0.717) is 0 Å². The van der Waals surface area contributed by atoms with E-state index in [1.807, 2.05) is 0 Å². The first-order valence-electron chi connectivity index (χ1n) is 14.1. The first-order chi connectivity index (χ1) is 21.3. The van der Waals surface area contributed by atoms with Crippen molar-refractivity contribution in [1.82, 2.24) is 0 Å². The summed E-state index contributed by atoms with van der Waals surface area (Å²) in [6.45, 7) is -3.42. The first-order valence-corrected chi connectivity index (χ1v) is 14.1. The Morgan fingerprint density at radius 2 is 0.644 bits per heavy atom. The molecule has 0 aromatic carbocycles. The Bertz CT molecular complexity index is 916. The maximum absolute atomic E-state index is 11.1. The van der Waals surface area contributed by atoms with Gasteiger partial charge in [0.1, 0.15) is 97.7 Å². The van der Waals surface area contributed by atoms with Crippen molar-refractivity contribution in [2.24, 2.45) is 0 Å². The van der Waals surface area contributed by atoms with Crippen LogP contribution in [-0.4, -0.2) is 221 Å². The lowest BCUT2D eigenvalue weighted by atomic mass is 9.95. The Morgan fingerprint density at radius 1 is 0.333 bits per heavy atom. The van der Waals surface area contributed by atoms with Gasteiger partial charge in [0.15, 0.2) is 25.2 Å². The second kappa shape index (κ2) is 15.6. The van der Waals surface area contributed by atoms with Crippen molar-refractivity contribution >= 4 is 0 Å². The second-order valence-electron chi connectivity index (χ2n) is 11.1. The van der Waals surface area contributed by atoms with Crippen LogP contribution in [0.15, 0.2) is 0 Å². The molecule has 4 rings (SSSR count). The summed E-state index contributed by atoms with van der Waals surface area (Å²) in [6, 6.07) is 0. The number of hydrogen-bond donors (Lipinski definition) is 14. The van der Waals surface area contributed by atoms with Gasteiger partial charge in [-0.3, -0.25) is 0 Å². The molecule has 4 aliphatic heterocycles. The maximum Gasteiger partial charge on any atom is 0.187 e. The molecule has 4 saturated heterocycles. The fourth-order valence-corrected chi connectivity index (χ4v) is 5.53. The highest BCUT2D eigenvalue weighted by Gasteiger charge is 2.55. The summed E-state index contributed by atoms with van der Waals surface area (Å²) in [7, 11) is 0. The number of ether oxygens (including phenoxy) is 7. The van der Waals surface area contributed by atoms with E-state index >= 15 is 0 Å². The number of rotatable bonds is 10. The summed E-state index contributed by atoms with van der Waals surface area (Å²) < 4.78 is 37.5. The molecule has 0 spiro atoms. The van der Waals surface area contributed by atoms with E-state index in [2.05, 4.69) is 0 Å². The van der Waals surface area contributed by atoms with Crippen LogP contribution in [0.3, 0.4) is 0 Å². The number of hydrogen-bond acceptors (Lipinski definition) is 21. The van der Waals surface area contributed by atoms with Gasteiger partial charge in [-0.2, -0.15) is 0 Å². The van der Waals surface area contributed by atoms with Crippen LogP contribution in [0.25, 0.3) is 0 Å². The lowest BCUT2D eigenvalue weighted by molar-refractivity contribution is -0.389. The molecule has 0 bridgehead atoms. The number of aliphatic hydroxyl groups is 14. The van der Waals surface area contributed by atoms with Gasteiger partial charge in [0.25, 0.3) is 0 Å². The van der Waals surface area contributed by atoms with Crippen LogP contribution in [0.4, 0.5) is 0 Å². The zero-order valence-electron chi connectivity index (χ0n) is 23.5. The van der Waals surface area contributed by atoms with Gasteiger partial charge in [0, 0.05) is 0 Å². The molecule has 4 heterocycles. The molecule has 4 fully saturated rings. The summed E-state index contributed by atoms with van der Waals surface area (Å²) >= 11 is 0. The van der Waals surface area contributed by atoms with Crippen LogP contribution in [0.5, 0.6) is 0 Å². The van der Waals surface area contributed by atoms with Crippen molar-refractivity contribution in [3.8, 4) is 0 Å². The normalized spacial score (nSPS) is 52.9. The molecule has 20 atom stereocenters. The van der Waals surface area contributed by atoms with Crippen LogP contribution in [0.1, 0.15) is 0 Å². The van der Waals surface area contributed by atoms with E-state index in [1.165, 1.54) is 0 Å². The van der Waals surface area contributed by atoms with E-state index in [-0.39, 0.29) is 0 Å². The first kappa shape index (κ1) is 37.0. The minimum absolute atomic E-state index is 0.802. The van der Waals surface area contributed by atoms with Crippen molar-refractivity contribution < 1.29 is 105 Å². The SMILES string of the molecule is OC[C@H]1O[C@@H](O[C@@H]2[C@@H](O)[C@H](O[C@@H]3[C@@H](O)[C@H](O[C@@H]4[C@@H](O)[C@H](O)O[C@H](CO)[C@H]4O)O[C@H](CO)[C@H]3O)O[C@H](CO)[C@H]2O)[C@H](O)[C@@H](O)[C@@H]1O. The summed E-state index contributed by atoms with van der Waals surface area (Å²) in [5.74, 6) is 0. The Morgan fingerprint density at radius 3 is 1.02 bits per heavy atom. The maximum atomic E-state index is 11.1. The van der Waals surface area contributed by atoms with Crippen LogP contribution >= 0.6 is 0 Å². The largest absolute Gasteiger partial charge is 0.394 e. The third kappa shape index (κ3) is 7.44. The van der Waals surface area contributed by atoms with Crippen molar-refractivity contribution in [3.63, 3.8) is 0 Å². The molecule has 0 unspecified atom stereocenters. The van der Waals surface area contributed by atoms with E-state index in [9.17, 15) is 71.5 Å². The quantitative estimate of drug-likeness (QED) is 0.103. The van der Waals surface area contributed by atoms with Gasteiger partial charge >= 0.3 is 0 Å². The van der Waals surface area contributed by atoms with Crippen LogP contribution in [0, 0.1) is 0 Å². The molecule has 0 saturated carbocycles. The van der Waals surface area contributed by atoms with Crippen LogP contribution in [-0.2, 0) is 33.2 Å². The predicted octanol–water partition coefficient (Wildman–Crippen LogP) is -9.75. The molecule has 0 radical (unpaired) electrons. The lowest BCUT2D eigenvalue weighted by Gasteiger charge is -2.49.